The van der Waals surface area contributed by atoms with E-state index >= 15 is 0 Å². The number of hydrogen-bond acceptors (Lipinski definition) is 5. The predicted molar refractivity (Wildman–Crippen MR) is 182 cm³/mol. The molecule has 0 aliphatic heterocycles. The summed E-state index contributed by atoms with van der Waals surface area (Å²) in [6.45, 7) is 6.81. The van der Waals surface area contributed by atoms with E-state index in [-0.39, 0.29) is 41.2 Å². The van der Waals surface area contributed by atoms with E-state index in [0.717, 1.165) is 21.0 Å². The second kappa shape index (κ2) is 15.7. The molecule has 47 heavy (non-hydrogen) atoms. The van der Waals surface area contributed by atoms with Gasteiger partial charge in [0.2, 0.25) is 11.8 Å². The lowest BCUT2D eigenvalue weighted by molar-refractivity contribution is -0.140. The number of amides is 2. The van der Waals surface area contributed by atoms with Crippen molar-refractivity contribution in [2.24, 2.45) is 0 Å². The Labute approximate surface area is 277 Å². The molecule has 0 radical (unpaired) electrons. The van der Waals surface area contributed by atoms with E-state index in [2.05, 4.69) is 5.32 Å². The first-order valence-electron chi connectivity index (χ1n) is 15.5. The largest absolute Gasteiger partial charge is 0.495 e. The van der Waals surface area contributed by atoms with Gasteiger partial charge in [0.15, 0.2) is 0 Å². The monoisotopic (exact) mass is 659 g/mol. The summed E-state index contributed by atoms with van der Waals surface area (Å²) >= 11 is 0. The molecule has 0 bridgehead atoms. The summed E-state index contributed by atoms with van der Waals surface area (Å²) in [6, 6.07) is 25.3. The van der Waals surface area contributed by atoms with Crippen molar-refractivity contribution in [2.45, 2.75) is 64.1 Å². The third-order valence-corrected chi connectivity index (χ3v) is 9.80. The molecule has 0 fully saturated rings. The number of halogens is 1. The Morgan fingerprint density at radius 3 is 2.13 bits per heavy atom. The molecular formula is C37H42FN3O5S. The van der Waals surface area contributed by atoms with Crippen LogP contribution in [0.15, 0.2) is 102 Å². The van der Waals surface area contributed by atoms with Crippen LogP contribution in [0.2, 0.25) is 0 Å². The van der Waals surface area contributed by atoms with Crippen LogP contribution >= 0.6 is 0 Å². The molecule has 0 saturated heterocycles. The third-order valence-electron chi connectivity index (χ3n) is 8.03. The topological polar surface area (TPSA) is 96.0 Å². The van der Waals surface area contributed by atoms with Crippen LogP contribution in [0.4, 0.5) is 10.1 Å². The van der Waals surface area contributed by atoms with E-state index in [1.807, 2.05) is 58.0 Å². The number of benzene rings is 4. The summed E-state index contributed by atoms with van der Waals surface area (Å²) in [5.41, 5.74) is 3.22. The first kappa shape index (κ1) is 35.2. The Morgan fingerprint density at radius 2 is 1.51 bits per heavy atom. The Kier molecular flexibility index (Phi) is 11.8. The van der Waals surface area contributed by atoms with Crippen molar-refractivity contribution in [3.05, 3.63) is 125 Å². The fourth-order valence-corrected chi connectivity index (χ4v) is 6.54. The number of rotatable bonds is 14. The van der Waals surface area contributed by atoms with Crippen LogP contribution in [0.25, 0.3) is 0 Å². The van der Waals surface area contributed by atoms with Crippen molar-refractivity contribution in [1.82, 2.24) is 10.2 Å². The number of aryl methyl sites for hydroxylation is 2. The summed E-state index contributed by atoms with van der Waals surface area (Å²) < 4.78 is 49.2. The van der Waals surface area contributed by atoms with Gasteiger partial charge in [0.25, 0.3) is 10.0 Å². The molecule has 0 aliphatic rings. The molecule has 8 nitrogen and oxygen atoms in total. The average Bonchev–Trinajstić information content (AvgIpc) is 3.06. The Morgan fingerprint density at radius 1 is 0.872 bits per heavy atom. The van der Waals surface area contributed by atoms with Crippen molar-refractivity contribution in [1.29, 1.82) is 0 Å². The number of anilines is 1. The van der Waals surface area contributed by atoms with Gasteiger partial charge in [-0.05, 0) is 80.3 Å². The number of carbonyl (C=O) groups is 2. The van der Waals surface area contributed by atoms with Gasteiger partial charge in [-0.3, -0.25) is 13.9 Å². The zero-order valence-corrected chi connectivity index (χ0v) is 28.3. The number of carbonyl (C=O) groups excluding carboxylic acids is 2. The molecule has 0 spiro atoms. The minimum absolute atomic E-state index is 0.0000991. The SMILES string of the molecule is CCC(C)NC(=O)C(Cc1ccccc1)N(Cc1ccc(F)cc1)C(=O)CN(c1cc(C)ccc1OC)S(=O)(=O)c1ccc(C)cc1. The fourth-order valence-electron chi connectivity index (χ4n) is 5.13. The van der Waals surface area contributed by atoms with Crippen LogP contribution in [0, 0.1) is 19.7 Å². The summed E-state index contributed by atoms with van der Waals surface area (Å²) in [7, 11) is -2.87. The molecule has 0 heterocycles. The third kappa shape index (κ3) is 8.98. The molecule has 10 heteroatoms. The van der Waals surface area contributed by atoms with Gasteiger partial charge in [-0.25, -0.2) is 12.8 Å². The van der Waals surface area contributed by atoms with E-state index in [1.165, 1.54) is 36.3 Å². The van der Waals surface area contributed by atoms with Crippen LogP contribution in [0.3, 0.4) is 0 Å². The Balaban J connectivity index is 1.85. The maximum Gasteiger partial charge on any atom is 0.264 e. The van der Waals surface area contributed by atoms with E-state index in [0.29, 0.717) is 12.0 Å². The fraction of sp³-hybridized carbons (Fsp3) is 0.297. The molecule has 0 aromatic heterocycles. The van der Waals surface area contributed by atoms with Crippen molar-refractivity contribution < 1.29 is 27.1 Å². The van der Waals surface area contributed by atoms with Gasteiger partial charge in [0.1, 0.15) is 24.2 Å². The lowest BCUT2D eigenvalue weighted by Crippen LogP contribution is -2.54. The molecule has 2 amide bonds. The molecule has 2 atom stereocenters. The van der Waals surface area contributed by atoms with E-state index in [4.69, 9.17) is 4.74 Å². The molecule has 248 valence electrons. The second-order valence-electron chi connectivity index (χ2n) is 11.7. The average molecular weight is 660 g/mol. The van der Waals surface area contributed by atoms with Gasteiger partial charge in [-0.1, -0.05) is 73.2 Å². The normalized spacial score (nSPS) is 12.6. The number of nitrogens with zero attached hydrogens (tertiary/aromatic N) is 2. The molecule has 4 aromatic carbocycles. The first-order valence-corrected chi connectivity index (χ1v) is 17.0. The Bertz CT molecular complexity index is 1760. The van der Waals surface area contributed by atoms with Crippen LogP contribution in [0.5, 0.6) is 5.75 Å². The van der Waals surface area contributed by atoms with Gasteiger partial charge in [-0.2, -0.15) is 0 Å². The highest BCUT2D eigenvalue weighted by atomic mass is 32.2. The quantitative estimate of drug-likeness (QED) is 0.174. The van der Waals surface area contributed by atoms with Crippen molar-refractivity contribution in [2.75, 3.05) is 18.0 Å². The van der Waals surface area contributed by atoms with Crippen LogP contribution in [0.1, 0.15) is 42.5 Å². The molecule has 4 rings (SSSR count). The van der Waals surface area contributed by atoms with Crippen LogP contribution in [-0.2, 0) is 32.6 Å². The van der Waals surface area contributed by atoms with Crippen molar-refractivity contribution >= 4 is 27.5 Å². The molecular weight excluding hydrogens is 617 g/mol. The highest BCUT2D eigenvalue weighted by molar-refractivity contribution is 7.92. The summed E-state index contributed by atoms with van der Waals surface area (Å²) in [5, 5.41) is 3.01. The molecule has 0 aliphatic carbocycles. The van der Waals surface area contributed by atoms with Gasteiger partial charge in [-0.15, -0.1) is 0 Å². The van der Waals surface area contributed by atoms with Gasteiger partial charge in [0, 0.05) is 19.0 Å². The minimum Gasteiger partial charge on any atom is -0.495 e. The summed E-state index contributed by atoms with van der Waals surface area (Å²) in [4.78, 5) is 30.0. The maximum absolute atomic E-state index is 14.6. The number of hydrogen-bond donors (Lipinski definition) is 1. The van der Waals surface area contributed by atoms with Crippen molar-refractivity contribution in [3.63, 3.8) is 0 Å². The number of methoxy groups -OCH3 is 1. The number of nitrogens with one attached hydrogen (secondary N) is 1. The van der Waals surface area contributed by atoms with Gasteiger partial charge in [0.05, 0.1) is 17.7 Å². The zero-order valence-electron chi connectivity index (χ0n) is 27.4. The molecule has 1 N–H and O–H groups in total. The number of sulfonamides is 1. The van der Waals surface area contributed by atoms with E-state index < -0.39 is 34.3 Å². The van der Waals surface area contributed by atoms with Crippen LogP contribution in [-0.4, -0.2) is 50.9 Å². The lowest BCUT2D eigenvalue weighted by Gasteiger charge is -2.34. The molecule has 4 aromatic rings. The number of ether oxygens (including phenoxy) is 1. The van der Waals surface area contributed by atoms with Gasteiger partial charge < -0.3 is 15.0 Å². The summed E-state index contributed by atoms with van der Waals surface area (Å²) in [6.07, 6.45) is 0.847. The second-order valence-corrected chi connectivity index (χ2v) is 13.5. The highest BCUT2D eigenvalue weighted by Crippen LogP contribution is 2.34. The first-order chi connectivity index (χ1) is 22.4. The minimum atomic E-state index is -4.30. The smallest absolute Gasteiger partial charge is 0.264 e. The zero-order chi connectivity index (χ0) is 34.1. The standard InChI is InChI=1S/C37H42FN3O5S/c1-6-28(4)39-37(43)34(23-29-10-8-7-9-11-29)40(24-30-15-17-31(38)18-16-30)36(42)25-41(33-22-27(3)14-21-35(33)46-5)47(44,45)32-19-12-26(2)13-20-32/h7-22,28,34H,6,23-25H2,1-5H3,(H,39,43). The van der Waals surface area contributed by atoms with Gasteiger partial charge >= 0.3 is 0 Å². The van der Waals surface area contributed by atoms with Crippen molar-refractivity contribution in [3.8, 4) is 5.75 Å². The van der Waals surface area contributed by atoms with Crippen LogP contribution < -0.4 is 14.4 Å². The maximum atomic E-state index is 14.6. The lowest BCUT2D eigenvalue weighted by atomic mass is 10.0. The van der Waals surface area contributed by atoms with E-state index in [9.17, 15) is 22.4 Å². The predicted octanol–water partition coefficient (Wildman–Crippen LogP) is 6.20. The molecule has 2 unspecified atom stereocenters. The highest BCUT2D eigenvalue weighted by Gasteiger charge is 2.36. The summed E-state index contributed by atoms with van der Waals surface area (Å²) in [5.74, 6) is -1.17. The molecule has 0 saturated carbocycles. The Hall–Kier alpha value is -4.70. The van der Waals surface area contributed by atoms with E-state index in [1.54, 1.807) is 42.5 Å².